The minimum Gasteiger partial charge on any atom is -0.399 e. The Morgan fingerprint density at radius 3 is 2.57 bits per heavy atom. The summed E-state index contributed by atoms with van der Waals surface area (Å²) in [4.78, 5) is 21.6. The van der Waals surface area contributed by atoms with Gasteiger partial charge >= 0.3 is 0 Å². The monoisotopic (exact) mass is 387 g/mol. The first-order chi connectivity index (χ1) is 13.7. The molecule has 4 aromatic rings. The highest BCUT2D eigenvalue weighted by Gasteiger charge is 2.08. The van der Waals surface area contributed by atoms with Crippen LogP contribution in [0.2, 0.25) is 0 Å². The number of nitrogen functional groups attached to an aromatic ring is 1. The van der Waals surface area contributed by atoms with Crippen LogP contribution in [-0.2, 0) is 0 Å². The first-order valence-corrected chi connectivity index (χ1v) is 9.46. The molecule has 138 valence electrons. The van der Waals surface area contributed by atoms with Crippen LogP contribution < -0.4 is 16.4 Å². The van der Waals surface area contributed by atoms with E-state index in [0.29, 0.717) is 16.5 Å². The lowest BCUT2D eigenvalue weighted by molar-refractivity contribution is 0.103. The molecule has 0 saturated carbocycles. The summed E-state index contributed by atoms with van der Waals surface area (Å²) in [5.74, 6) is 0.372. The number of anilines is 4. The summed E-state index contributed by atoms with van der Waals surface area (Å²) >= 11 is 1.41. The Morgan fingerprint density at radius 2 is 1.82 bits per heavy atom. The summed E-state index contributed by atoms with van der Waals surface area (Å²) < 4.78 is 0. The molecule has 4 N–H and O–H groups in total. The third-order valence-corrected chi connectivity index (χ3v) is 4.85. The highest BCUT2D eigenvalue weighted by molar-refractivity contribution is 7.12. The fourth-order valence-electron chi connectivity index (χ4n) is 2.65. The van der Waals surface area contributed by atoms with Gasteiger partial charge in [-0.1, -0.05) is 24.3 Å². The summed E-state index contributed by atoms with van der Waals surface area (Å²) in [6.45, 7) is 0. The minimum atomic E-state index is -0.113. The van der Waals surface area contributed by atoms with Crippen LogP contribution in [0.25, 0.3) is 11.3 Å². The third-order valence-electron chi connectivity index (χ3n) is 3.98. The van der Waals surface area contributed by atoms with Crippen molar-refractivity contribution in [1.82, 2.24) is 9.97 Å². The molecule has 2 aromatic heterocycles. The van der Waals surface area contributed by atoms with Gasteiger partial charge in [0.1, 0.15) is 0 Å². The average molecular weight is 387 g/mol. The van der Waals surface area contributed by atoms with Crippen LogP contribution in [0.3, 0.4) is 0 Å². The highest BCUT2D eigenvalue weighted by Crippen LogP contribution is 2.22. The average Bonchev–Trinajstić information content (AvgIpc) is 3.24. The maximum atomic E-state index is 12.1. The zero-order valence-electron chi connectivity index (χ0n) is 14.8. The number of nitrogens with zero attached hydrogens (tertiary/aromatic N) is 2. The van der Waals surface area contributed by atoms with Crippen molar-refractivity contribution in [3.05, 3.63) is 83.2 Å². The van der Waals surface area contributed by atoms with E-state index in [0.717, 1.165) is 22.6 Å². The third kappa shape index (κ3) is 4.16. The first kappa shape index (κ1) is 17.7. The SMILES string of the molecule is Nc1cccc(Nc2nccc(-c3ccc(NC(=O)c4cccs4)cc3)n2)c1. The first-order valence-electron chi connectivity index (χ1n) is 8.58. The summed E-state index contributed by atoms with van der Waals surface area (Å²) in [6.07, 6.45) is 1.70. The van der Waals surface area contributed by atoms with E-state index in [2.05, 4.69) is 20.6 Å². The van der Waals surface area contributed by atoms with Crippen LogP contribution in [0.4, 0.5) is 23.0 Å². The Morgan fingerprint density at radius 1 is 0.964 bits per heavy atom. The second kappa shape index (κ2) is 7.89. The molecule has 0 aliphatic carbocycles. The van der Waals surface area contributed by atoms with Gasteiger partial charge < -0.3 is 16.4 Å². The molecule has 0 spiro atoms. The van der Waals surface area contributed by atoms with Gasteiger partial charge in [0.05, 0.1) is 10.6 Å². The number of hydrogen-bond donors (Lipinski definition) is 3. The Labute approximate surface area is 166 Å². The molecule has 0 aliphatic heterocycles. The van der Waals surface area contributed by atoms with E-state index < -0.39 is 0 Å². The van der Waals surface area contributed by atoms with Crippen molar-refractivity contribution in [2.75, 3.05) is 16.4 Å². The lowest BCUT2D eigenvalue weighted by atomic mass is 10.1. The van der Waals surface area contributed by atoms with Gasteiger partial charge in [-0.05, 0) is 47.8 Å². The number of hydrogen-bond acceptors (Lipinski definition) is 6. The van der Waals surface area contributed by atoms with Crippen LogP contribution in [0.15, 0.2) is 78.3 Å². The van der Waals surface area contributed by atoms with Crippen LogP contribution in [0, 0.1) is 0 Å². The quantitative estimate of drug-likeness (QED) is 0.428. The molecular weight excluding hydrogens is 370 g/mol. The van der Waals surface area contributed by atoms with Gasteiger partial charge in [0.15, 0.2) is 0 Å². The number of nitrogens with two attached hydrogens (primary N) is 1. The van der Waals surface area contributed by atoms with Crippen molar-refractivity contribution in [2.24, 2.45) is 0 Å². The van der Waals surface area contributed by atoms with Crippen molar-refractivity contribution in [3.8, 4) is 11.3 Å². The number of benzene rings is 2. The molecular formula is C21H17N5OS. The van der Waals surface area contributed by atoms with E-state index in [9.17, 15) is 4.79 Å². The van der Waals surface area contributed by atoms with E-state index in [1.807, 2.05) is 66.0 Å². The molecule has 0 atom stereocenters. The maximum Gasteiger partial charge on any atom is 0.265 e. The number of carbonyl (C=O) groups excluding carboxylic acids is 1. The number of rotatable bonds is 5. The van der Waals surface area contributed by atoms with Gasteiger partial charge in [0, 0.05) is 28.8 Å². The molecule has 2 aromatic carbocycles. The Hall–Kier alpha value is -3.71. The predicted molar refractivity (Wildman–Crippen MR) is 114 cm³/mol. The largest absolute Gasteiger partial charge is 0.399 e. The van der Waals surface area contributed by atoms with Crippen LogP contribution in [-0.4, -0.2) is 15.9 Å². The summed E-state index contributed by atoms with van der Waals surface area (Å²) in [7, 11) is 0. The van der Waals surface area contributed by atoms with Gasteiger partial charge in [0.25, 0.3) is 5.91 Å². The van der Waals surface area contributed by atoms with Crippen molar-refractivity contribution in [2.45, 2.75) is 0 Å². The lowest BCUT2D eigenvalue weighted by Crippen LogP contribution is -2.09. The van der Waals surface area contributed by atoms with E-state index in [1.165, 1.54) is 11.3 Å². The van der Waals surface area contributed by atoms with Crippen molar-refractivity contribution in [3.63, 3.8) is 0 Å². The normalized spacial score (nSPS) is 10.4. The van der Waals surface area contributed by atoms with Crippen LogP contribution >= 0.6 is 11.3 Å². The summed E-state index contributed by atoms with van der Waals surface area (Å²) in [5, 5.41) is 7.91. The van der Waals surface area contributed by atoms with E-state index in [1.54, 1.807) is 12.3 Å². The smallest absolute Gasteiger partial charge is 0.265 e. The van der Waals surface area contributed by atoms with E-state index >= 15 is 0 Å². The van der Waals surface area contributed by atoms with Gasteiger partial charge in [-0.15, -0.1) is 11.3 Å². The molecule has 6 nitrogen and oxygen atoms in total. The molecule has 2 heterocycles. The Kier molecular flexibility index (Phi) is 4.99. The standard InChI is InChI=1S/C21H17N5OS/c22-15-3-1-4-17(13-15)25-21-23-11-10-18(26-21)14-6-8-16(9-7-14)24-20(27)19-5-2-12-28-19/h1-13H,22H2,(H,24,27)(H,23,25,26). The van der Waals surface area contributed by atoms with E-state index in [-0.39, 0.29) is 5.91 Å². The molecule has 0 saturated heterocycles. The zero-order chi connectivity index (χ0) is 19.3. The molecule has 1 amide bonds. The van der Waals surface area contributed by atoms with Gasteiger partial charge in [-0.3, -0.25) is 4.79 Å². The highest BCUT2D eigenvalue weighted by atomic mass is 32.1. The van der Waals surface area contributed by atoms with Crippen LogP contribution in [0.5, 0.6) is 0 Å². The van der Waals surface area contributed by atoms with Gasteiger partial charge in [-0.25, -0.2) is 9.97 Å². The number of amides is 1. The maximum absolute atomic E-state index is 12.1. The number of nitrogens with one attached hydrogen (secondary N) is 2. The van der Waals surface area contributed by atoms with Crippen molar-refractivity contribution < 1.29 is 4.79 Å². The van der Waals surface area contributed by atoms with Crippen LogP contribution in [0.1, 0.15) is 9.67 Å². The topological polar surface area (TPSA) is 92.9 Å². The number of aromatic nitrogens is 2. The lowest BCUT2D eigenvalue weighted by Gasteiger charge is -2.08. The molecule has 0 unspecified atom stereocenters. The van der Waals surface area contributed by atoms with Crippen molar-refractivity contribution in [1.29, 1.82) is 0 Å². The summed E-state index contributed by atoms with van der Waals surface area (Å²) in [6, 6.07) is 20.4. The Balaban J connectivity index is 1.49. The fraction of sp³-hybridized carbons (Fsp3) is 0. The number of carbonyl (C=O) groups is 1. The Bertz CT molecular complexity index is 1090. The summed E-state index contributed by atoms with van der Waals surface area (Å²) in [5.41, 5.74) is 9.72. The fourth-order valence-corrected chi connectivity index (χ4v) is 3.27. The number of thiophene rings is 1. The molecule has 4 rings (SSSR count). The molecule has 7 heteroatoms. The molecule has 0 radical (unpaired) electrons. The van der Waals surface area contributed by atoms with Crippen molar-refractivity contribution >= 4 is 40.3 Å². The molecule has 28 heavy (non-hydrogen) atoms. The van der Waals surface area contributed by atoms with Gasteiger partial charge in [-0.2, -0.15) is 0 Å². The second-order valence-corrected chi connectivity index (χ2v) is 6.97. The van der Waals surface area contributed by atoms with E-state index in [4.69, 9.17) is 5.73 Å². The molecule has 0 fully saturated rings. The van der Waals surface area contributed by atoms with Gasteiger partial charge in [0.2, 0.25) is 5.95 Å². The zero-order valence-corrected chi connectivity index (χ0v) is 15.6. The minimum absolute atomic E-state index is 0.113. The molecule has 0 bridgehead atoms. The molecule has 0 aliphatic rings. The second-order valence-electron chi connectivity index (χ2n) is 6.02. The predicted octanol–water partition coefficient (Wildman–Crippen LogP) is 4.78.